The molecule has 3 aromatic carbocycles. The SMILES string of the molecule is CC(=Nc1c(C(C)C)cc(C(c2ccc(C(C)C)cc2)c2cc(C(C)C)c(N=C(C)c3ccccn3)c(C(C)C)c2)cc1C(C)C)c1ccccn1. The summed E-state index contributed by atoms with van der Waals surface area (Å²) in [7, 11) is 0. The molecule has 0 spiro atoms. The van der Waals surface area contributed by atoms with E-state index in [0.717, 1.165) is 34.2 Å². The number of hydrogen-bond donors (Lipinski definition) is 0. The van der Waals surface area contributed by atoms with E-state index in [9.17, 15) is 0 Å². The molecule has 0 aliphatic rings. The third-order valence-electron chi connectivity index (χ3n) is 10.1. The number of pyridine rings is 2. The van der Waals surface area contributed by atoms with Crippen LogP contribution in [0.5, 0.6) is 0 Å². The Morgan fingerprint density at radius 2 is 0.769 bits per heavy atom. The summed E-state index contributed by atoms with van der Waals surface area (Å²) in [4.78, 5) is 19.9. The molecule has 0 unspecified atom stereocenters. The van der Waals surface area contributed by atoms with Crippen molar-refractivity contribution in [1.29, 1.82) is 0 Å². The molecule has 0 aliphatic heterocycles. The Morgan fingerprint density at radius 3 is 1.06 bits per heavy atom. The summed E-state index contributed by atoms with van der Waals surface area (Å²) in [5.74, 6) is 1.60. The molecule has 0 aliphatic carbocycles. The summed E-state index contributed by atoms with van der Waals surface area (Å²) >= 11 is 0. The fourth-order valence-electron chi connectivity index (χ4n) is 7.01. The average Bonchev–Trinajstić information content (AvgIpc) is 3.12. The first-order valence-electron chi connectivity index (χ1n) is 19.1. The van der Waals surface area contributed by atoms with Crippen molar-refractivity contribution < 1.29 is 0 Å². The maximum absolute atomic E-state index is 5.32. The highest BCUT2D eigenvalue weighted by atomic mass is 14.8. The molecule has 0 saturated heterocycles. The lowest BCUT2D eigenvalue weighted by atomic mass is 9.78. The highest BCUT2D eigenvalue weighted by Crippen LogP contribution is 2.45. The van der Waals surface area contributed by atoms with Gasteiger partial charge in [0.2, 0.25) is 0 Å². The molecule has 2 heterocycles. The maximum atomic E-state index is 5.32. The highest BCUT2D eigenvalue weighted by molar-refractivity contribution is 5.99. The third-order valence-corrected chi connectivity index (χ3v) is 10.1. The summed E-state index contributed by atoms with van der Waals surface area (Å²) < 4.78 is 0. The lowest BCUT2D eigenvalue weighted by Crippen LogP contribution is -2.10. The normalized spacial score (nSPS) is 13.2. The minimum atomic E-state index is 0.0241. The summed E-state index contributed by atoms with van der Waals surface area (Å²) in [6.45, 7) is 27.0. The summed E-state index contributed by atoms with van der Waals surface area (Å²) in [6.07, 6.45) is 3.68. The number of aromatic nitrogens is 2. The van der Waals surface area contributed by atoms with E-state index in [-0.39, 0.29) is 29.6 Å². The van der Waals surface area contributed by atoms with Crippen molar-refractivity contribution in [2.45, 2.75) is 119 Å². The summed E-state index contributed by atoms with van der Waals surface area (Å²) in [5, 5.41) is 0. The van der Waals surface area contributed by atoms with E-state index >= 15 is 0 Å². The molecule has 5 aromatic rings. The molecule has 0 atom stereocenters. The van der Waals surface area contributed by atoms with Crippen LogP contribution in [-0.4, -0.2) is 21.4 Å². The second-order valence-corrected chi connectivity index (χ2v) is 15.8. The molecule has 4 nitrogen and oxygen atoms in total. The Kier molecular flexibility index (Phi) is 12.4. The fourth-order valence-corrected chi connectivity index (χ4v) is 7.01. The Labute approximate surface area is 313 Å². The zero-order valence-electron chi connectivity index (χ0n) is 33.5. The molecule has 0 radical (unpaired) electrons. The van der Waals surface area contributed by atoms with Crippen molar-refractivity contribution in [1.82, 2.24) is 9.97 Å². The van der Waals surface area contributed by atoms with Gasteiger partial charge in [-0.1, -0.05) is 130 Å². The summed E-state index contributed by atoms with van der Waals surface area (Å²) in [6, 6.07) is 31.1. The second kappa shape index (κ2) is 16.8. The van der Waals surface area contributed by atoms with Gasteiger partial charge in [-0.2, -0.15) is 0 Å². The Bertz CT molecular complexity index is 1830. The fraction of sp³-hybridized carbons (Fsp3) is 0.375. The van der Waals surface area contributed by atoms with Gasteiger partial charge in [-0.05, 0) is 112 Å². The van der Waals surface area contributed by atoms with E-state index in [1.54, 1.807) is 0 Å². The largest absolute Gasteiger partial charge is 0.255 e. The lowest BCUT2D eigenvalue weighted by molar-refractivity contribution is 0.811. The van der Waals surface area contributed by atoms with Crippen LogP contribution in [-0.2, 0) is 0 Å². The minimum Gasteiger partial charge on any atom is -0.255 e. The van der Waals surface area contributed by atoms with Crippen molar-refractivity contribution in [2.24, 2.45) is 9.98 Å². The number of aliphatic imine (C=N–C) groups is 2. The average molecular weight is 691 g/mol. The van der Waals surface area contributed by atoms with Crippen molar-refractivity contribution in [3.05, 3.63) is 153 Å². The standard InChI is InChI=1S/C48H58N4/c1-29(2)36-19-21-37(22-20-36)46(38-25-40(30(3)4)47(41(26-38)31(5)6)51-34(11)44-17-13-15-23-49-44)39-27-42(32(7)8)48(43(28-39)33(9)10)52-35(12)45-18-14-16-24-50-45/h13-33,46H,1-12H3. The molecule has 0 bridgehead atoms. The summed E-state index contributed by atoms with van der Waals surface area (Å²) in [5.41, 5.74) is 16.1. The molecule has 0 amide bonds. The van der Waals surface area contributed by atoms with E-state index < -0.39 is 0 Å². The van der Waals surface area contributed by atoms with Gasteiger partial charge >= 0.3 is 0 Å². The van der Waals surface area contributed by atoms with E-state index in [0.29, 0.717) is 5.92 Å². The van der Waals surface area contributed by atoms with E-state index in [4.69, 9.17) is 9.98 Å². The molecule has 5 rings (SSSR count). The van der Waals surface area contributed by atoms with Gasteiger partial charge in [0.25, 0.3) is 0 Å². The van der Waals surface area contributed by atoms with Crippen molar-refractivity contribution in [3.63, 3.8) is 0 Å². The van der Waals surface area contributed by atoms with Gasteiger partial charge in [0.15, 0.2) is 0 Å². The topological polar surface area (TPSA) is 50.5 Å². The molecule has 270 valence electrons. The molecule has 2 aromatic heterocycles. The maximum Gasteiger partial charge on any atom is 0.0841 e. The van der Waals surface area contributed by atoms with Gasteiger partial charge in [-0.3, -0.25) is 20.0 Å². The second-order valence-electron chi connectivity index (χ2n) is 15.8. The van der Waals surface area contributed by atoms with E-state index in [1.807, 2.05) is 48.8 Å². The van der Waals surface area contributed by atoms with Gasteiger partial charge in [0, 0.05) is 18.3 Å². The highest BCUT2D eigenvalue weighted by Gasteiger charge is 2.26. The first-order chi connectivity index (χ1) is 24.8. The van der Waals surface area contributed by atoms with Gasteiger partial charge in [0.1, 0.15) is 0 Å². The molecule has 0 N–H and O–H groups in total. The van der Waals surface area contributed by atoms with Crippen molar-refractivity contribution >= 4 is 22.8 Å². The van der Waals surface area contributed by atoms with Crippen LogP contribution in [0.2, 0.25) is 0 Å². The first kappa shape index (κ1) is 38.5. The molecular weight excluding hydrogens is 633 g/mol. The number of rotatable bonds is 12. The molecule has 4 heteroatoms. The van der Waals surface area contributed by atoms with Gasteiger partial charge in [0.05, 0.1) is 34.2 Å². The first-order valence-corrected chi connectivity index (χ1v) is 19.1. The van der Waals surface area contributed by atoms with Crippen LogP contribution >= 0.6 is 0 Å². The van der Waals surface area contributed by atoms with Crippen molar-refractivity contribution in [2.75, 3.05) is 0 Å². The van der Waals surface area contributed by atoms with E-state index in [2.05, 4.69) is 142 Å². The Morgan fingerprint density at radius 1 is 0.423 bits per heavy atom. The van der Waals surface area contributed by atoms with Crippen LogP contribution in [0.4, 0.5) is 11.4 Å². The number of nitrogens with zero attached hydrogens (tertiary/aromatic N) is 4. The van der Waals surface area contributed by atoms with Gasteiger partial charge in [-0.25, -0.2) is 0 Å². The Hall–Kier alpha value is -4.70. The van der Waals surface area contributed by atoms with Crippen LogP contribution < -0.4 is 0 Å². The molecule has 0 saturated carbocycles. The van der Waals surface area contributed by atoms with Crippen LogP contribution in [0, 0.1) is 0 Å². The van der Waals surface area contributed by atoms with Crippen LogP contribution in [0.1, 0.15) is 174 Å². The van der Waals surface area contributed by atoms with Crippen molar-refractivity contribution in [3.8, 4) is 0 Å². The molecular formula is C48H58N4. The van der Waals surface area contributed by atoms with E-state index in [1.165, 1.54) is 44.5 Å². The quantitative estimate of drug-likeness (QED) is 0.0966. The zero-order valence-corrected chi connectivity index (χ0v) is 33.5. The lowest BCUT2D eigenvalue weighted by Gasteiger charge is -2.27. The Balaban J connectivity index is 1.81. The van der Waals surface area contributed by atoms with Crippen LogP contribution in [0.3, 0.4) is 0 Å². The molecule has 52 heavy (non-hydrogen) atoms. The zero-order chi connectivity index (χ0) is 37.7. The number of benzene rings is 3. The predicted octanol–water partition coefficient (Wildman–Crippen LogP) is 13.6. The van der Waals surface area contributed by atoms with Gasteiger partial charge in [-0.15, -0.1) is 0 Å². The predicted molar refractivity (Wildman–Crippen MR) is 223 cm³/mol. The monoisotopic (exact) mass is 690 g/mol. The van der Waals surface area contributed by atoms with Crippen LogP contribution in [0.15, 0.2) is 107 Å². The molecule has 0 fully saturated rings. The minimum absolute atomic E-state index is 0.0241. The van der Waals surface area contributed by atoms with Crippen LogP contribution in [0.25, 0.3) is 0 Å². The number of hydrogen-bond acceptors (Lipinski definition) is 4. The van der Waals surface area contributed by atoms with Gasteiger partial charge < -0.3 is 0 Å². The third kappa shape index (κ3) is 8.66. The smallest absolute Gasteiger partial charge is 0.0841 e.